The topological polar surface area (TPSA) is 97.5 Å². The second-order valence-corrected chi connectivity index (χ2v) is 10.3. The molecule has 122 valence electrons. The number of nitrogens with two attached hydrogens (primary N) is 1. The lowest BCUT2D eigenvalue weighted by Crippen LogP contribution is -2.50. The zero-order chi connectivity index (χ0) is 15.3. The predicted octanol–water partition coefficient (Wildman–Crippen LogP) is 1.21. The Morgan fingerprint density at radius 2 is 1.90 bits per heavy atom. The summed E-state index contributed by atoms with van der Waals surface area (Å²) in [6.45, 7) is 6.74. The maximum absolute atomic E-state index is 12.7. The fraction of sp³-hybridized carbons (Fsp3) is 0.636. The summed E-state index contributed by atoms with van der Waals surface area (Å²) in [6, 6.07) is 1.39. The fourth-order valence-electron chi connectivity index (χ4n) is 2.70. The van der Waals surface area contributed by atoms with Crippen LogP contribution < -0.4 is 5.14 Å². The van der Waals surface area contributed by atoms with Crippen LogP contribution in [0.4, 0.5) is 0 Å². The molecule has 0 aliphatic carbocycles. The van der Waals surface area contributed by atoms with Crippen LogP contribution in [0, 0.1) is 0 Å². The van der Waals surface area contributed by atoms with E-state index >= 15 is 0 Å². The quantitative estimate of drug-likeness (QED) is 0.854. The average Bonchev–Trinajstić information content (AvgIpc) is 2.80. The van der Waals surface area contributed by atoms with Crippen molar-refractivity contribution in [1.29, 1.82) is 0 Å². The monoisotopic (exact) mass is 374 g/mol. The molecule has 1 unspecified atom stereocenters. The molecule has 0 bridgehead atoms. The minimum Gasteiger partial charge on any atom is -0.285 e. The summed E-state index contributed by atoms with van der Waals surface area (Å²) in [7, 11) is -7.44. The highest BCUT2D eigenvalue weighted by Crippen LogP contribution is 2.46. The Hall–Kier alpha value is -0.190. The molecule has 0 saturated carbocycles. The highest BCUT2D eigenvalue weighted by atomic mass is 35.5. The summed E-state index contributed by atoms with van der Waals surface area (Å²) < 4.78 is 48.2. The van der Waals surface area contributed by atoms with Gasteiger partial charge in [-0.2, -0.15) is 0 Å². The third-order valence-corrected chi connectivity index (χ3v) is 9.41. The van der Waals surface area contributed by atoms with E-state index in [4.69, 9.17) is 5.14 Å². The number of thiophene rings is 1. The largest absolute Gasteiger partial charge is 0.285 e. The van der Waals surface area contributed by atoms with E-state index in [1.54, 1.807) is 6.92 Å². The van der Waals surface area contributed by atoms with Crippen molar-refractivity contribution in [2.24, 2.45) is 5.14 Å². The molecule has 2 heterocycles. The van der Waals surface area contributed by atoms with E-state index in [1.165, 1.54) is 6.07 Å². The Balaban J connectivity index is 0.00000220. The summed E-state index contributed by atoms with van der Waals surface area (Å²) in [4.78, 5) is 0.875. The molecule has 1 aromatic rings. The first kappa shape index (κ1) is 18.9. The minimum absolute atomic E-state index is 0. The predicted molar refractivity (Wildman–Crippen MR) is 85.2 cm³/mol. The fourth-order valence-corrected chi connectivity index (χ4v) is 7.59. The van der Waals surface area contributed by atoms with E-state index in [2.05, 4.69) is 0 Å². The van der Waals surface area contributed by atoms with Crippen molar-refractivity contribution in [2.45, 2.75) is 40.5 Å². The van der Waals surface area contributed by atoms with Crippen LogP contribution in [-0.2, 0) is 26.3 Å². The molecule has 0 radical (unpaired) electrons. The van der Waals surface area contributed by atoms with E-state index in [9.17, 15) is 16.8 Å². The van der Waals surface area contributed by atoms with Gasteiger partial charge in [0.15, 0.2) is 0 Å². The smallest absolute Gasteiger partial charge is 0.247 e. The van der Waals surface area contributed by atoms with Gasteiger partial charge in [0.2, 0.25) is 19.9 Å². The number of fused-ring (bicyclic) bond motifs is 1. The van der Waals surface area contributed by atoms with E-state index in [0.717, 1.165) is 11.3 Å². The van der Waals surface area contributed by atoms with Crippen molar-refractivity contribution >= 4 is 43.6 Å². The minimum atomic E-state index is -3.86. The van der Waals surface area contributed by atoms with Gasteiger partial charge in [-0.05, 0) is 31.6 Å². The van der Waals surface area contributed by atoms with Gasteiger partial charge in [0.25, 0.3) is 0 Å². The van der Waals surface area contributed by atoms with Gasteiger partial charge in [0, 0.05) is 6.42 Å². The summed E-state index contributed by atoms with van der Waals surface area (Å²) in [5.41, 5.74) is 0.549. The molecule has 1 aromatic heterocycles. The van der Waals surface area contributed by atoms with Crippen molar-refractivity contribution in [3.05, 3.63) is 11.6 Å². The standard InChI is InChI=1S/C11H18N2O4S3.ClH/c1-4-13(5-2)11(3)7-8-6-9(20(12,16)17)18-10(8)19(11,14)15;/h6H,4-5,7H2,1-3H3,(H2,12,16,17);1H. The molecule has 10 heteroatoms. The molecule has 0 spiro atoms. The van der Waals surface area contributed by atoms with Crippen LogP contribution in [0.2, 0.25) is 0 Å². The zero-order valence-corrected chi connectivity index (χ0v) is 15.3. The van der Waals surface area contributed by atoms with E-state index < -0.39 is 24.7 Å². The number of rotatable bonds is 4. The van der Waals surface area contributed by atoms with Crippen LogP contribution in [0.25, 0.3) is 0 Å². The lowest BCUT2D eigenvalue weighted by Gasteiger charge is -2.35. The molecule has 21 heavy (non-hydrogen) atoms. The van der Waals surface area contributed by atoms with Crippen LogP contribution in [0.5, 0.6) is 0 Å². The number of sulfone groups is 1. The SMILES string of the molecule is CCN(CC)C1(C)Cc2cc(S(N)(=O)=O)sc2S1(=O)=O.Cl. The van der Waals surface area contributed by atoms with E-state index in [-0.39, 0.29) is 20.8 Å². The Morgan fingerprint density at radius 1 is 1.38 bits per heavy atom. The molecule has 0 saturated heterocycles. The van der Waals surface area contributed by atoms with Gasteiger partial charge < -0.3 is 0 Å². The molecular formula is C11H19ClN2O4S3. The van der Waals surface area contributed by atoms with Gasteiger partial charge in [-0.15, -0.1) is 23.7 Å². The summed E-state index contributed by atoms with van der Waals surface area (Å²) in [5.74, 6) is 0. The second-order valence-electron chi connectivity index (χ2n) is 4.95. The normalized spacial score (nSPS) is 23.9. The number of nitrogens with zero attached hydrogens (tertiary/aromatic N) is 1. The lowest BCUT2D eigenvalue weighted by molar-refractivity contribution is 0.193. The molecule has 6 nitrogen and oxygen atoms in total. The van der Waals surface area contributed by atoms with Crippen molar-refractivity contribution in [1.82, 2.24) is 4.90 Å². The third kappa shape index (κ3) is 2.75. The summed E-state index contributed by atoms with van der Waals surface area (Å²) in [6.07, 6.45) is 0.290. The summed E-state index contributed by atoms with van der Waals surface area (Å²) >= 11 is 0.749. The first-order valence-electron chi connectivity index (χ1n) is 6.23. The lowest BCUT2D eigenvalue weighted by atomic mass is 10.1. The number of sulfonamides is 1. The Labute approximate surface area is 135 Å². The van der Waals surface area contributed by atoms with Gasteiger partial charge in [-0.1, -0.05) is 13.8 Å². The van der Waals surface area contributed by atoms with E-state index in [1.807, 2.05) is 18.7 Å². The first-order valence-corrected chi connectivity index (χ1v) is 10.1. The summed E-state index contributed by atoms with van der Waals surface area (Å²) in [5, 5.41) is 5.06. The molecule has 1 aliphatic heterocycles. The molecule has 0 aromatic carbocycles. The van der Waals surface area contributed by atoms with Crippen molar-refractivity contribution in [3.63, 3.8) is 0 Å². The zero-order valence-electron chi connectivity index (χ0n) is 12.0. The van der Waals surface area contributed by atoms with Gasteiger partial charge in [0.05, 0.1) is 0 Å². The number of halogens is 1. The maximum Gasteiger partial charge on any atom is 0.247 e. The molecule has 2 N–H and O–H groups in total. The van der Waals surface area contributed by atoms with E-state index in [0.29, 0.717) is 25.1 Å². The van der Waals surface area contributed by atoms with Crippen molar-refractivity contribution in [3.8, 4) is 0 Å². The van der Waals surface area contributed by atoms with Gasteiger partial charge >= 0.3 is 0 Å². The Morgan fingerprint density at radius 3 is 2.29 bits per heavy atom. The third-order valence-electron chi connectivity index (χ3n) is 3.80. The highest BCUT2D eigenvalue weighted by molar-refractivity contribution is 7.96. The molecule has 0 amide bonds. The van der Waals surface area contributed by atoms with Gasteiger partial charge in [-0.25, -0.2) is 22.0 Å². The second kappa shape index (κ2) is 5.78. The highest BCUT2D eigenvalue weighted by Gasteiger charge is 2.52. The van der Waals surface area contributed by atoms with Gasteiger partial charge in [0.1, 0.15) is 13.3 Å². The van der Waals surface area contributed by atoms with Crippen LogP contribution in [0.15, 0.2) is 14.5 Å². The first-order chi connectivity index (χ1) is 9.07. The Kier molecular flexibility index (Phi) is 5.19. The molecule has 1 aliphatic rings. The van der Waals surface area contributed by atoms with Crippen molar-refractivity contribution < 1.29 is 16.8 Å². The number of hydrogen-bond acceptors (Lipinski definition) is 6. The average molecular weight is 375 g/mol. The maximum atomic E-state index is 12.7. The van der Waals surface area contributed by atoms with Crippen molar-refractivity contribution in [2.75, 3.05) is 13.1 Å². The van der Waals surface area contributed by atoms with Crippen LogP contribution in [0.3, 0.4) is 0 Å². The molecule has 0 fully saturated rings. The Bertz CT molecular complexity index is 738. The number of primary sulfonamides is 1. The van der Waals surface area contributed by atoms with Crippen LogP contribution in [-0.4, -0.2) is 39.7 Å². The molecule has 1 atom stereocenters. The van der Waals surface area contributed by atoms with Crippen LogP contribution in [0.1, 0.15) is 26.3 Å². The number of hydrogen-bond donors (Lipinski definition) is 1. The molecule has 2 rings (SSSR count). The number of likely N-dealkylation sites (N-methyl/N-ethyl adjacent to an activating group) is 1. The van der Waals surface area contributed by atoms with Crippen LogP contribution >= 0.6 is 23.7 Å². The molecular weight excluding hydrogens is 356 g/mol. The van der Waals surface area contributed by atoms with Gasteiger partial charge in [-0.3, -0.25) is 4.90 Å².